The number of halogens is 1. The Morgan fingerprint density at radius 1 is 1.22 bits per heavy atom. The number of hydrogen-bond acceptors (Lipinski definition) is 2. The summed E-state index contributed by atoms with van der Waals surface area (Å²) in [6.45, 7) is 2.24. The smallest absolute Gasteiger partial charge is 0.134 e. The summed E-state index contributed by atoms with van der Waals surface area (Å²) < 4.78 is 18.8. The number of hydrogen-bond donors (Lipinski definition) is 0. The number of ether oxygens (including phenoxy) is 1. The standard InChI is InChI=1S/C15H20FNO/c1-2-3-4-5-6-14(16)12-18-15-9-7-13(11-17)8-10-15/h7-10,14H,2-6,12H2,1H3/t14-/m0/s1. The first-order valence-electron chi connectivity index (χ1n) is 6.53. The van der Waals surface area contributed by atoms with E-state index in [0.29, 0.717) is 17.7 Å². The maximum absolute atomic E-state index is 13.5. The van der Waals surface area contributed by atoms with Crippen molar-refractivity contribution in [2.24, 2.45) is 0 Å². The molecular weight excluding hydrogens is 229 g/mol. The van der Waals surface area contributed by atoms with Crippen LogP contribution in [0.15, 0.2) is 24.3 Å². The van der Waals surface area contributed by atoms with Crippen LogP contribution in [0.25, 0.3) is 0 Å². The van der Waals surface area contributed by atoms with Gasteiger partial charge in [-0.3, -0.25) is 0 Å². The molecule has 1 aromatic carbocycles. The third-order valence-electron chi connectivity index (χ3n) is 2.79. The Labute approximate surface area is 108 Å². The van der Waals surface area contributed by atoms with Gasteiger partial charge in [0.15, 0.2) is 0 Å². The topological polar surface area (TPSA) is 33.0 Å². The lowest BCUT2D eigenvalue weighted by molar-refractivity contribution is 0.184. The fraction of sp³-hybridized carbons (Fsp3) is 0.533. The molecule has 0 saturated heterocycles. The molecule has 0 spiro atoms. The van der Waals surface area contributed by atoms with Crippen LogP contribution in [0.4, 0.5) is 4.39 Å². The minimum atomic E-state index is -0.905. The van der Waals surface area contributed by atoms with Gasteiger partial charge in [0.25, 0.3) is 0 Å². The third-order valence-corrected chi connectivity index (χ3v) is 2.79. The normalized spacial score (nSPS) is 11.8. The number of benzene rings is 1. The lowest BCUT2D eigenvalue weighted by Crippen LogP contribution is -2.12. The summed E-state index contributed by atoms with van der Waals surface area (Å²) in [6.07, 6.45) is 4.01. The minimum absolute atomic E-state index is 0.0953. The molecule has 0 saturated carbocycles. The Morgan fingerprint density at radius 2 is 1.94 bits per heavy atom. The molecule has 2 nitrogen and oxygen atoms in total. The fourth-order valence-corrected chi connectivity index (χ4v) is 1.69. The molecule has 0 N–H and O–H groups in total. The lowest BCUT2D eigenvalue weighted by Gasteiger charge is -2.10. The fourth-order valence-electron chi connectivity index (χ4n) is 1.69. The first kappa shape index (κ1) is 14.5. The van der Waals surface area contributed by atoms with E-state index >= 15 is 0 Å². The van der Waals surface area contributed by atoms with Crippen LogP contribution in [0.1, 0.15) is 44.6 Å². The summed E-state index contributed by atoms with van der Waals surface area (Å²) in [5, 5.41) is 8.64. The van der Waals surface area contributed by atoms with Crippen LogP contribution in [0.5, 0.6) is 5.75 Å². The highest BCUT2D eigenvalue weighted by Crippen LogP contribution is 2.14. The molecule has 0 radical (unpaired) electrons. The van der Waals surface area contributed by atoms with Crippen LogP contribution in [-0.4, -0.2) is 12.8 Å². The molecule has 1 aromatic rings. The van der Waals surface area contributed by atoms with E-state index in [0.717, 1.165) is 12.8 Å². The van der Waals surface area contributed by atoms with Crippen LogP contribution in [0.3, 0.4) is 0 Å². The molecule has 98 valence electrons. The Kier molecular flexibility index (Phi) is 6.86. The molecule has 1 atom stereocenters. The predicted octanol–water partition coefficient (Wildman–Crippen LogP) is 4.25. The van der Waals surface area contributed by atoms with Crippen LogP contribution in [-0.2, 0) is 0 Å². The van der Waals surface area contributed by atoms with Gasteiger partial charge in [0, 0.05) is 0 Å². The summed E-state index contributed by atoms with van der Waals surface area (Å²) in [6, 6.07) is 8.76. The monoisotopic (exact) mass is 249 g/mol. The van der Waals surface area contributed by atoms with Crippen molar-refractivity contribution in [3.63, 3.8) is 0 Å². The Morgan fingerprint density at radius 3 is 2.56 bits per heavy atom. The van der Waals surface area contributed by atoms with Crippen molar-refractivity contribution >= 4 is 0 Å². The SMILES string of the molecule is CCCCCC[C@H](F)COc1ccc(C#N)cc1. The van der Waals surface area contributed by atoms with Gasteiger partial charge in [0.1, 0.15) is 18.5 Å². The van der Waals surface area contributed by atoms with Crippen molar-refractivity contribution in [1.29, 1.82) is 5.26 Å². The van der Waals surface area contributed by atoms with E-state index in [4.69, 9.17) is 10.00 Å². The van der Waals surface area contributed by atoms with Crippen LogP contribution in [0, 0.1) is 11.3 Å². The van der Waals surface area contributed by atoms with Crippen LogP contribution >= 0.6 is 0 Å². The molecule has 0 aliphatic heterocycles. The quantitative estimate of drug-likeness (QED) is 0.645. The maximum Gasteiger partial charge on any atom is 0.134 e. The molecule has 0 heterocycles. The van der Waals surface area contributed by atoms with Crippen molar-refractivity contribution in [1.82, 2.24) is 0 Å². The molecule has 3 heteroatoms. The predicted molar refractivity (Wildman–Crippen MR) is 70.3 cm³/mol. The maximum atomic E-state index is 13.5. The number of nitriles is 1. The minimum Gasteiger partial charge on any atom is -0.491 e. The Balaban J connectivity index is 2.21. The van der Waals surface area contributed by atoms with Gasteiger partial charge < -0.3 is 4.74 Å². The van der Waals surface area contributed by atoms with Gasteiger partial charge in [-0.2, -0.15) is 5.26 Å². The molecule has 0 bridgehead atoms. The van der Waals surface area contributed by atoms with E-state index in [1.165, 1.54) is 12.8 Å². The molecule has 0 fully saturated rings. The van der Waals surface area contributed by atoms with Gasteiger partial charge >= 0.3 is 0 Å². The van der Waals surface area contributed by atoms with E-state index in [1.807, 2.05) is 6.07 Å². The van der Waals surface area contributed by atoms with E-state index in [1.54, 1.807) is 24.3 Å². The largest absolute Gasteiger partial charge is 0.491 e. The van der Waals surface area contributed by atoms with Gasteiger partial charge in [0.2, 0.25) is 0 Å². The summed E-state index contributed by atoms with van der Waals surface area (Å²) in [7, 11) is 0. The zero-order valence-electron chi connectivity index (χ0n) is 10.9. The van der Waals surface area contributed by atoms with Gasteiger partial charge in [-0.05, 0) is 30.7 Å². The highest BCUT2D eigenvalue weighted by Gasteiger charge is 2.07. The van der Waals surface area contributed by atoms with Crippen molar-refractivity contribution in [3.8, 4) is 11.8 Å². The highest BCUT2D eigenvalue weighted by molar-refractivity contribution is 5.34. The van der Waals surface area contributed by atoms with Crippen LogP contribution in [0.2, 0.25) is 0 Å². The van der Waals surface area contributed by atoms with Crippen LogP contribution < -0.4 is 4.74 Å². The average molecular weight is 249 g/mol. The highest BCUT2D eigenvalue weighted by atomic mass is 19.1. The summed E-state index contributed by atoms with van der Waals surface area (Å²) >= 11 is 0. The summed E-state index contributed by atoms with van der Waals surface area (Å²) in [4.78, 5) is 0. The number of unbranched alkanes of at least 4 members (excludes halogenated alkanes) is 3. The van der Waals surface area contributed by atoms with E-state index in [-0.39, 0.29) is 6.61 Å². The Bertz CT molecular complexity index is 369. The Hall–Kier alpha value is -1.56. The van der Waals surface area contributed by atoms with Crippen molar-refractivity contribution in [2.75, 3.05) is 6.61 Å². The number of rotatable bonds is 8. The zero-order valence-corrected chi connectivity index (χ0v) is 10.9. The van der Waals surface area contributed by atoms with Crippen molar-refractivity contribution in [2.45, 2.75) is 45.2 Å². The molecule has 18 heavy (non-hydrogen) atoms. The van der Waals surface area contributed by atoms with Crippen molar-refractivity contribution in [3.05, 3.63) is 29.8 Å². The lowest BCUT2D eigenvalue weighted by atomic mass is 10.1. The molecule has 0 aliphatic rings. The van der Waals surface area contributed by atoms with E-state index < -0.39 is 6.17 Å². The van der Waals surface area contributed by atoms with E-state index in [9.17, 15) is 4.39 Å². The molecule has 0 unspecified atom stereocenters. The number of nitrogens with zero attached hydrogens (tertiary/aromatic N) is 1. The first-order chi connectivity index (χ1) is 8.76. The van der Waals surface area contributed by atoms with Gasteiger partial charge in [-0.25, -0.2) is 4.39 Å². The zero-order chi connectivity index (χ0) is 13.2. The molecule has 0 aromatic heterocycles. The average Bonchev–Trinajstić information content (AvgIpc) is 2.42. The third kappa shape index (κ3) is 5.67. The van der Waals surface area contributed by atoms with Crippen molar-refractivity contribution < 1.29 is 9.13 Å². The molecule has 0 amide bonds. The summed E-state index contributed by atoms with van der Waals surface area (Å²) in [5.74, 6) is 0.616. The molecular formula is C15H20FNO. The molecule has 1 rings (SSSR count). The van der Waals surface area contributed by atoms with E-state index in [2.05, 4.69) is 6.92 Å². The first-order valence-corrected chi connectivity index (χ1v) is 6.53. The number of alkyl halides is 1. The summed E-state index contributed by atoms with van der Waals surface area (Å²) in [5.41, 5.74) is 0.582. The second kappa shape index (κ2) is 8.52. The second-order valence-electron chi connectivity index (χ2n) is 4.39. The van der Waals surface area contributed by atoms with Gasteiger partial charge in [0.05, 0.1) is 11.6 Å². The second-order valence-corrected chi connectivity index (χ2v) is 4.39. The van der Waals surface area contributed by atoms with Gasteiger partial charge in [-0.15, -0.1) is 0 Å². The molecule has 0 aliphatic carbocycles. The van der Waals surface area contributed by atoms with Gasteiger partial charge in [-0.1, -0.05) is 32.6 Å².